The number of aryl methyl sites for hydroxylation is 2. The zero-order valence-electron chi connectivity index (χ0n) is 13.6. The van der Waals surface area contributed by atoms with Gasteiger partial charge in [-0.1, -0.05) is 35.9 Å². The van der Waals surface area contributed by atoms with E-state index in [0.717, 1.165) is 16.7 Å². The number of aliphatic imine (C=N–C) groups is 1. The highest BCUT2D eigenvalue weighted by atomic mass is 32.2. The van der Waals surface area contributed by atoms with Crippen LogP contribution in [0.3, 0.4) is 0 Å². The summed E-state index contributed by atoms with van der Waals surface area (Å²) in [7, 11) is -3.78. The molecule has 5 nitrogen and oxygen atoms in total. The van der Waals surface area contributed by atoms with Gasteiger partial charge in [-0.05, 0) is 37.6 Å². The van der Waals surface area contributed by atoms with E-state index in [2.05, 4.69) is 4.99 Å². The average Bonchev–Trinajstić information content (AvgIpc) is 3.03. The summed E-state index contributed by atoms with van der Waals surface area (Å²) in [6.45, 7) is 4.15. The van der Waals surface area contributed by atoms with Crippen LogP contribution in [0.2, 0.25) is 0 Å². The van der Waals surface area contributed by atoms with Gasteiger partial charge in [0.1, 0.15) is 12.6 Å². The van der Waals surface area contributed by atoms with Crippen LogP contribution < -0.4 is 0 Å². The molecule has 1 aliphatic rings. The number of nitrogens with zero attached hydrogens (tertiary/aromatic N) is 1. The van der Waals surface area contributed by atoms with Gasteiger partial charge < -0.3 is 4.74 Å². The maximum Gasteiger partial charge on any atom is 0.297 e. The van der Waals surface area contributed by atoms with Gasteiger partial charge in [0.15, 0.2) is 0 Å². The van der Waals surface area contributed by atoms with Crippen LogP contribution in [0, 0.1) is 13.8 Å². The van der Waals surface area contributed by atoms with E-state index < -0.39 is 10.1 Å². The maximum absolute atomic E-state index is 12.2. The summed E-state index contributed by atoms with van der Waals surface area (Å²) in [6, 6.07) is 14.0. The van der Waals surface area contributed by atoms with Crippen LogP contribution in [0.5, 0.6) is 0 Å². The lowest BCUT2D eigenvalue weighted by atomic mass is 10.1. The van der Waals surface area contributed by atoms with Gasteiger partial charge in [-0.3, -0.25) is 4.18 Å². The minimum Gasteiger partial charge on any atom is -0.475 e. The van der Waals surface area contributed by atoms with Crippen LogP contribution in [0.25, 0.3) is 0 Å². The molecule has 2 aromatic carbocycles. The van der Waals surface area contributed by atoms with Gasteiger partial charge >= 0.3 is 0 Å². The first-order valence-corrected chi connectivity index (χ1v) is 9.09. The van der Waals surface area contributed by atoms with Crippen molar-refractivity contribution in [1.29, 1.82) is 0 Å². The highest BCUT2D eigenvalue weighted by Crippen LogP contribution is 2.18. The van der Waals surface area contributed by atoms with Crippen molar-refractivity contribution in [3.05, 3.63) is 65.2 Å². The van der Waals surface area contributed by atoms with Gasteiger partial charge in [0.25, 0.3) is 10.1 Å². The SMILES string of the molecule is Cc1ccc(S(=O)(=O)OCC2COC(c3ccccc3C)=N2)cc1. The summed E-state index contributed by atoms with van der Waals surface area (Å²) in [6.07, 6.45) is 0. The Morgan fingerprint density at radius 3 is 2.54 bits per heavy atom. The standard InChI is InChI=1S/C18H19NO4S/c1-13-7-9-16(10-8-13)24(20,21)23-12-15-11-22-18(19-15)17-6-4-3-5-14(17)2/h3-10,15H,11-12H2,1-2H3. The third-order valence-corrected chi connectivity index (χ3v) is 5.11. The molecule has 0 spiro atoms. The van der Waals surface area contributed by atoms with E-state index in [9.17, 15) is 8.42 Å². The van der Waals surface area contributed by atoms with Crippen molar-refractivity contribution in [2.24, 2.45) is 4.99 Å². The van der Waals surface area contributed by atoms with E-state index in [1.54, 1.807) is 12.1 Å². The Morgan fingerprint density at radius 2 is 1.83 bits per heavy atom. The minimum atomic E-state index is -3.78. The van der Waals surface area contributed by atoms with Crippen LogP contribution >= 0.6 is 0 Å². The molecule has 0 fully saturated rings. The second-order valence-corrected chi connectivity index (χ2v) is 7.38. The lowest BCUT2D eigenvalue weighted by Gasteiger charge is -2.07. The molecule has 1 heterocycles. The highest BCUT2D eigenvalue weighted by molar-refractivity contribution is 7.86. The quantitative estimate of drug-likeness (QED) is 0.782. The van der Waals surface area contributed by atoms with E-state index >= 15 is 0 Å². The summed E-state index contributed by atoms with van der Waals surface area (Å²) in [4.78, 5) is 4.58. The molecular weight excluding hydrogens is 326 g/mol. The van der Waals surface area contributed by atoms with Crippen LogP contribution in [0.15, 0.2) is 58.4 Å². The zero-order chi connectivity index (χ0) is 17.2. The Kier molecular flexibility index (Phi) is 4.69. The van der Waals surface area contributed by atoms with Crippen molar-refractivity contribution in [3.8, 4) is 0 Å². The molecule has 0 radical (unpaired) electrons. The van der Waals surface area contributed by atoms with Crippen LogP contribution in [0.4, 0.5) is 0 Å². The minimum absolute atomic E-state index is 0.0361. The van der Waals surface area contributed by atoms with Gasteiger partial charge in [0.05, 0.1) is 11.5 Å². The van der Waals surface area contributed by atoms with E-state index in [-0.39, 0.29) is 17.5 Å². The monoisotopic (exact) mass is 345 g/mol. The Balaban J connectivity index is 1.67. The smallest absolute Gasteiger partial charge is 0.297 e. The number of benzene rings is 2. The summed E-state index contributed by atoms with van der Waals surface area (Å²) in [5.74, 6) is 0.537. The summed E-state index contributed by atoms with van der Waals surface area (Å²) in [5.41, 5.74) is 2.97. The van der Waals surface area contributed by atoms with Crippen molar-refractivity contribution in [2.45, 2.75) is 24.8 Å². The molecule has 3 rings (SSSR count). The van der Waals surface area contributed by atoms with Gasteiger partial charge in [0.2, 0.25) is 5.90 Å². The molecule has 0 bridgehead atoms. The molecule has 0 amide bonds. The normalized spacial score (nSPS) is 17.4. The Hall–Kier alpha value is -2.18. The number of rotatable bonds is 5. The average molecular weight is 345 g/mol. The summed E-state index contributed by atoms with van der Waals surface area (Å²) in [5, 5.41) is 0. The third-order valence-electron chi connectivity index (χ3n) is 3.81. The Labute approximate surface area is 142 Å². The lowest BCUT2D eigenvalue weighted by Crippen LogP contribution is -2.18. The maximum atomic E-state index is 12.2. The second kappa shape index (κ2) is 6.75. The molecule has 1 atom stereocenters. The molecule has 2 aromatic rings. The summed E-state index contributed by atoms with van der Waals surface area (Å²) >= 11 is 0. The first kappa shape index (κ1) is 16.7. The first-order valence-electron chi connectivity index (χ1n) is 7.68. The molecule has 24 heavy (non-hydrogen) atoms. The third kappa shape index (κ3) is 3.66. The van der Waals surface area contributed by atoms with Crippen molar-refractivity contribution in [3.63, 3.8) is 0 Å². The van der Waals surface area contributed by atoms with Gasteiger partial charge in [-0.2, -0.15) is 8.42 Å². The Morgan fingerprint density at radius 1 is 1.12 bits per heavy atom. The van der Waals surface area contributed by atoms with Crippen LogP contribution in [-0.4, -0.2) is 33.6 Å². The molecule has 0 aromatic heterocycles. The number of ether oxygens (including phenoxy) is 1. The fourth-order valence-corrected chi connectivity index (χ4v) is 3.34. The lowest BCUT2D eigenvalue weighted by molar-refractivity contribution is 0.246. The van der Waals surface area contributed by atoms with Crippen molar-refractivity contribution < 1.29 is 17.3 Å². The predicted octanol–water partition coefficient (Wildman–Crippen LogP) is 2.85. The molecule has 6 heteroatoms. The Bertz CT molecular complexity index is 857. The second-order valence-electron chi connectivity index (χ2n) is 5.77. The molecule has 0 saturated carbocycles. The molecule has 1 unspecified atom stereocenters. The fraction of sp³-hybridized carbons (Fsp3) is 0.278. The first-order chi connectivity index (χ1) is 11.5. The topological polar surface area (TPSA) is 65.0 Å². The van der Waals surface area contributed by atoms with E-state index in [1.165, 1.54) is 12.1 Å². The number of hydrogen-bond acceptors (Lipinski definition) is 5. The van der Waals surface area contributed by atoms with Crippen molar-refractivity contribution in [2.75, 3.05) is 13.2 Å². The van der Waals surface area contributed by atoms with E-state index in [4.69, 9.17) is 8.92 Å². The molecule has 0 aliphatic carbocycles. The summed E-state index contributed by atoms with van der Waals surface area (Å²) < 4.78 is 35.1. The van der Waals surface area contributed by atoms with Gasteiger partial charge in [0, 0.05) is 5.56 Å². The van der Waals surface area contributed by atoms with Gasteiger partial charge in [-0.15, -0.1) is 0 Å². The van der Waals surface area contributed by atoms with Gasteiger partial charge in [-0.25, -0.2) is 4.99 Å². The fourth-order valence-electron chi connectivity index (χ4n) is 2.40. The van der Waals surface area contributed by atoms with Crippen LogP contribution in [0.1, 0.15) is 16.7 Å². The largest absolute Gasteiger partial charge is 0.475 e. The van der Waals surface area contributed by atoms with Crippen LogP contribution in [-0.2, 0) is 19.0 Å². The molecular formula is C18H19NO4S. The van der Waals surface area contributed by atoms with Crippen molar-refractivity contribution >= 4 is 16.0 Å². The molecule has 126 valence electrons. The molecule has 0 saturated heterocycles. The predicted molar refractivity (Wildman–Crippen MR) is 91.8 cm³/mol. The highest BCUT2D eigenvalue weighted by Gasteiger charge is 2.24. The van der Waals surface area contributed by atoms with E-state index in [0.29, 0.717) is 12.5 Å². The molecule has 0 N–H and O–H groups in total. The van der Waals surface area contributed by atoms with E-state index in [1.807, 2.05) is 38.1 Å². The number of hydrogen-bond donors (Lipinski definition) is 0. The zero-order valence-corrected chi connectivity index (χ0v) is 14.4. The van der Waals surface area contributed by atoms with Crippen molar-refractivity contribution in [1.82, 2.24) is 0 Å². The molecule has 1 aliphatic heterocycles.